The van der Waals surface area contributed by atoms with Crippen LogP contribution in [0.3, 0.4) is 0 Å². The molecule has 0 unspecified atom stereocenters. The highest BCUT2D eigenvalue weighted by molar-refractivity contribution is 5.76. The quantitative estimate of drug-likeness (QED) is 0.538. The summed E-state index contributed by atoms with van der Waals surface area (Å²) < 4.78 is 5.19. The summed E-state index contributed by atoms with van der Waals surface area (Å²) >= 11 is 0. The number of carbonyl (C=O) groups is 3. The van der Waals surface area contributed by atoms with Gasteiger partial charge in [-0.25, -0.2) is 9.59 Å². The second-order valence-corrected chi connectivity index (χ2v) is 4.70. The van der Waals surface area contributed by atoms with Gasteiger partial charge in [-0.15, -0.1) is 0 Å². The number of urea groups is 1. The topological polar surface area (TPSA) is 108 Å². The van der Waals surface area contributed by atoms with Crippen molar-refractivity contribution in [1.82, 2.24) is 15.5 Å². The van der Waals surface area contributed by atoms with Crippen LogP contribution >= 0.6 is 0 Å². The third-order valence-corrected chi connectivity index (χ3v) is 2.66. The minimum atomic E-state index is -1.03. The molecule has 1 fully saturated rings. The minimum absolute atomic E-state index is 0.146. The summed E-state index contributed by atoms with van der Waals surface area (Å²) in [4.78, 5) is 34.1. The smallest absolute Gasteiger partial charge is 0.329 e. The molecule has 19 heavy (non-hydrogen) atoms. The first-order chi connectivity index (χ1) is 8.82. The Morgan fingerprint density at radius 1 is 1.26 bits per heavy atom. The van der Waals surface area contributed by atoms with Crippen LogP contribution in [-0.2, 0) is 14.3 Å². The highest BCUT2D eigenvalue weighted by atomic mass is 16.5. The van der Waals surface area contributed by atoms with Gasteiger partial charge in [-0.2, -0.15) is 0 Å². The van der Waals surface area contributed by atoms with Gasteiger partial charge >= 0.3 is 12.0 Å². The van der Waals surface area contributed by atoms with Crippen molar-refractivity contribution >= 4 is 17.9 Å². The molecule has 1 heterocycles. The maximum atomic E-state index is 11.6. The van der Waals surface area contributed by atoms with Gasteiger partial charge in [0, 0.05) is 20.0 Å². The third-order valence-electron chi connectivity index (χ3n) is 2.66. The van der Waals surface area contributed by atoms with Gasteiger partial charge in [-0.1, -0.05) is 0 Å². The zero-order valence-electron chi connectivity index (χ0n) is 11.1. The Morgan fingerprint density at radius 3 is 2.37 bits per heavy atom. The van der Waals surface area contributed by atoms with Gasteiger partial charge < -0.3 is 25.4 Å². The number of carboxylic acid groups (broad SMARTS) is 1. The molecular formula is C11H19N3O5. The fourth-order valence-corrected chi connectivity index (χ4v) is 1.75. The van der Waals surface area contributed by atoms with Gasteiger partial charge in [0.05, 0.1) is 13.1 Å². The van der Waals surface area contributed by atoms with Crippen molar-refractivity contribution in [3.05, 3.63) is 0 Å². The lowest BCUT2D eigenvalue weighted by Gasteiger charge is -2.46. The van der Waals surface area contributed by atoms with E-state index < -0.39 is 11.6 Å². The standard InChI is InChI=1S/C11H19N3O5/c1-8(15)12-3-4-13-10(18)14-6-11(2,7-14)19-5-9(16)17/h3-7H2,1-2H3,(H,12,15)(H,13,18)(H,16,17). The van der Waals surface area contributed by atoms with E-state index in [1.807, 2.05) is 0 Å². The fraction of sp³-hybridized carbons (Fsp3) is 0.727. The molecule has 0 atom stereocenters. The second-order valence-electron chi connectivity index (χ2n) is 4.70. The summed E-state index contributed by atoms with van der Waals surface area (Å²) in [5, 5.41) is 13.7. The summed E-state index contributed by atoms with van der Waals surface area (Å²) in [7, 11) is 0. The van der Waals surface area contributed by atoms with Gasteiger partial charge in [0.15, 0.2) is 0 Å². The minimum Gasteiger partial charge on any atom is -0.480 e. The average Bonchev–Trinajstić information content (AvgIpc) is 2.28. The van der Waals surface area contributed by atoms with E-state index in [0.29, 0.717) is 26.2 Å². The molecule has 0 radical (unpaired) electrons. The number of nitrogens with zero attached hydrogens (tertiary/aromatic N) is 1. The normalized spacial score (nSPS) is 16.4. The Bertz CT molecular complexity index is 365. The second kappa shape index (κ2) is 6.37. The van der Waals surface area contributed by atoms with Crippen molar-refractivity contribution in [3.63, 3.8) is 0 Å². The highest BCUT2D eigenvalue weighted by Crippen LogP contribution is 2.24. The molecule has 1 aliphatic rings. The first kappa shape index (κ1) is 15.2. The Kier molecular flexibility index (Phi) is 5.11. The van der Waals surface area contributed by atoms with Gasteiger partial charge in [-0.3, -0.25) is 4.79 Å². The highest BCUT2D eigenvalue weighted by Gasteiger charge is 2.42. The molecule has 3 amide bonds. The molecule has 0 aromatic rings. The van der Waals surface area contributed by atoms with Gasteiger partial charge in [-0.05, 0) is 6.92 Å². The third kappa shape index (κ3) is 5.12. The summed E-state index contributed by atoms with van der Waals surface area (Å²) in [6.07, 6.45) is 0. The van der Waals surface area contributed by atoms with E-state index in [-0.39, 0.29) is 18.5 Å². The van der Waals surface area contributed by atoms with Crippen LogP contribution in [0.1, 0.15) is 13.8 Å². The van der Waals surface area contributed by atoms with Gasteiger partial charge in [0.1, 0.15) is 12.2 Å². The Labute approximate surface area is 111 Å². The van der Waals surface area contributed by atoms with Crippen LogP contribution in [-0.4, -0.2) is 66.3 Å². The van der Waals surface area contributed by atoms with E-state index in [1.165, 1.54) is 11.8 Å². The van der Waals surface area contributed by atoms with Crippen LogP contribution in [0.4, 0.5) is 4.79 Å². The first-order valence-electron chi connectivity index (χ1n) is 5.95. The molecule has 1 saturated heterocycles. The average molecular weight is 273 g/mol. The predicted octanol–water partition coefficient (Wildman–Crippen LogP) is -0.992. The maximum Gasteiger partial charge on any atom is 0.329 e. The molecule has 0 aromatic heterocycles. The number of likely N-dealkylation sites (tertiary alicyclic amines) is 1. The van der Waals surface area contributed by atoms with Crippen LogP contribution in [0.15, 0.2) is 0 Å². The molecule has 0 spiro atoms. The Balaban J connectivity index is 2.16. The molecular weight excluding hydrogens is 254 g/mol. The summed E-state index contributed by atoms with van der Waals surface area (Å²) in [6.45, 7) is 4.23. The molecule has 0 aliphatic carbocycles. The SMILES string of the molecule is CC(=O)NCCNC(=O)N1CC(C)(OCC(=O)O)C1. The van der Waals surface area contributed by atoms with E-state index in [4.69, 9.17) is 9.84 Å². The maximum absolute atomic E-state index is 11.6. The number of nitrogens with one attached hydrogen (secondary N) is 2. The molecule has 1 rings (SSSR count). The fourth-order valence-electron chi connectivity index (χ4n) is 1.75. The summed E-state index contributed by atoms with van der Waals surface area (Å²) in [5.74, 6) is -1.17. The number of ether oxygens (including phenoxy) is 1. The summed E-state index contributed by atoms with van der Waals surface area (Å²) in [6, 6.07) is -0.248. The van der Waals surface area contributed by atoms with Crippen molar-refractivity contribution < 1.29 is 24.2 Å². The van der Waals surface area contributed by atoms with E-state index in [2.05, 4.69) is 10.6 Å². The molecule has 8 nitrogen and oxygen atoms in total. The van der Waals surface area contributed by atoms with Crippen LogP contribution in [0.25, 0.3) is 0 Å². The Hall–Kier alpha value is -1.83. The molecule has 108 valence electrons. The lowest BCUT2D eigenvalue weighted by atomic mass is 9.97. The molecule has 8 heteroatoms. The summed E-state index contributed by atoms with van der Waals surface area (Å²) in [5.41, 5.74) is -0.590. The molecule has 0 bridgehead atoms. The van der Waals surface area contributed by atoms with E-state index in [1.54, 1.807) is 6.92 Å². The zero-order valence-corrected chi connectivity index (χ0v) is 11.1. The van der Waals surface area contributed by atoms with Gasteiger partial charge in [0.25, 0.3) is 0 Å². The van der Waals surface area contributed by atoms with Crippen LogP contribution in [0, 0.1) is 0 Å². The molecule has 0 aromatic carbocycles. The molecule has 0 saturated carbocycles. The Morgan fingerprint density at radius 2 is 1.84 bits per heavy atom. The van der Waals surface area contributed by atoms with E-state index in [0.717, 1.165) is 0 Å². The van der Waals surface area contributed by atoms with Gasteiger partial charge in [0.2, 0.25) is 5.91 Å². The number of hydrogen-bond acceptors (Lipinski definition) is 4. The first-order valence-corrected chi connectivity index (χ1v) is 5.95. The lowest BCUT2D eigenvalue weighted by Crippen LogP contribution is -2.65. The molecule has 1 aliphatic heterocycles. The molecule has 3 N–H and O–H groups in total. The van der Waals surface area contributed by atoms with Crippen LogP contribution in [0.5, 0.6) is 0 Å². The van der Waals surface area contributed by atoms with Crippen LogP contribution < -0.4 is 10.6 Å². The number of amides is 3. The number of rotatable bonds is 6. The van der Waals surface area contributed by atoms with Crippen molar-refractivity contribution in [2.75, 3.05) is 32.8 Å². The zero-order chi connectivity index (χ0) is 14.5. The number of carboxylic acids is 1. The monoisotopic (exact) mass is 273 g/mol. The lowest BCUT2D eigenvalue weighted by molar-refractivity contribution is -0.159. The number of carbonyl (C=O) groups excluding carboxylic acids is 2. The number of hydrogen-bond donors (Lipinski definition) is 3. The van der Waals surface area contributed by atoms with Crippen LogP contribution in [0.2, 0.25) is 0 Å². The van der Waals surface area contributed by atoms with E-state index >= 15 is 0 Å². The number of aliphatic carboxylic acids is 1. The van der Waals surface area contributed by atoms with E-state index in [9.17, 15) is 14.4 Å². The van der Waals surface area contributed by atoms with Crippen molar-refractivity contribution in [2.24, 2.45) is 0 Å². The van der Waals surface area contributed by atoms with Crippen molar-refractivity contribution in [2.45, 2.75) is 19.4 Å². The van der Waals surface area contributed by atoms with Crippen molar-refractivity contribution in [1.29, 1.82) is 0 Å². The van der Waals surface area contributed by atoms with Crippen molar-refractivity contribution in [3.8, 4) is 0 Å². The largest absolute Gasteiger partial charge is 0.480 e. The predicted molar refractivity (Wildman–Crippen MR) is 65.6 cm³/mol.